The quantitative estimate of drug-likeness (QED) is 0.528. The Morgan fingerprint density at radius 1 is 1.22 bits per heavy atom. The van der Waals surface area contributed by atoms with Crippen LogP contribution in [-0.4, -0.2) is 63.5 Å². The van der Waals surface area contributed by atoms with Gasteiger partial charge < -0.3 is 29.9 Å². The second-order valence-corrected chi connectivity index (χ2v) is 6.62. The number of aliphatic imine (C=N–C) groups is 1. The number of hydrogen-bond acceptors (Lipinski definition) is 7. The van der Waals surface area contributed by atoms with Crippen LogP contribution in [0.25, 0.3) is 0 Å². The van der Waals surface area contributed by atoms with E-state index in [0.717, 1.165) is 0 Å². The number of rotatable bonds is 3. The molecule has 2 heterocycles. The first kappa shape index (κ1) is 17.1. The summed E-state index contributed by atoms with van der Waals surface area (Å²) in [6.45, 7) is -0.524. The van der Waals surface area contributed by atoms with E-state index in [0.29, 0.717) is 21.0 Å². The molecule has 9 heteroatoms. The van der Waals surface area contributed by atoms with Crippen molar-refractivity contribution < 1.29 is 29.9 Å². The predicted molar refractivity (Wildman–Crippen MR) is 84.8 cm³/mol. The first-order valence-corrected chi connectivity index (χ1v) is 8.09. The van der Waals surface area contributed by atoms with Crippen molar-refractivity contribution in [3.63, 3.8) is 0 Å². The number of aliphatic hydroxyl groups is 4. The summed E-state index contributed by atoms with van der Waals surface area (Å²) in [4.78, 5) is 4.19. The fourth-order valence-electron chi connectivity index (χ4n) is 2.60. The smallest absolute Gasteiger partial charge is 0.228 e. The van der Waals surface area contributed by atoms with E-state index in [1.54, 1.807) is 12.2 Å². The van der Waals surface area contributed by atoms with Gasteiger partial charge in [-0.15, -0.1) is 0 Å². The van der Waals surface area contributed by atoms with Crippen molar-refractivity contribution in [2.75, 3.05) is 6.61 Å². The van der Waals surface area contributed by atoms with E-state index in [2.05, 4.69) is 20.9 Å². The third kappa shape index (κ3) is 3.00. The average Bonchev–Trinajstić information content (AvgIpc) is 2.95. The third-order valence-electron chi connectivity index (χ3n) is 3.90. The van der Waals surface area contributed by atoms with Crippen molar-refractivity contribution >= 4 is 33.2 Å². The summed E-state index contributed by atoms with van der Waals surface area (Å²) >= 11 is 9.60. The van der Waals surface area contributed by atoms with E-state index in [1.165, 1.54) is 6.20 Å². The molecule has 2 aliphatic heterocycles. The molecule has 7 nitrogen and oxygen atoms in total. The minimum atomic E-state index is -1.50. The number of nitrogens with zero attached hydrogens (tertiary/aromatic N) is 1. The molecule has 0 aromatic rings. The van der Waals surface area contributed by atoms with E-state index in [4.69, 9.17) is 21.1 Å². The molecule has 0 aromatic heterocycles. The molecule has 3 rings (SSSR count). The SMILES string of the molecule is OC[C@H]1O[C@@H](OC2=CN=C3C=CC(Br)=C(Cl)C23)[C@H](O)[C@@H](O)[C@H]1O. The van der Waals surface area contributed by atoms with Crippen LogP contribution < -0.4 is 0 Å². The summed E-state index contributed by atoms with van der Waals surface area (Å²) in [7, 11) is 0. The molecule has 0 amide bonds. The Bertz CT molecular complexity index is 616. The topological polar surface area (TPSA) is 112 Å². The second-order valence-electron chi connectivity index (χ2n) is 5.36. The normalized spacial score (nSPS) is 39.9. The van der Waals surface area contributed by atoms with Gasteiger partial charge in [-0.3, -0.25) is 4.99 Å². The van der Waals surface area contributed by atoms with Crippen LogP contribution in [0.15, 0.2) is 38.6 Å². The molecule has 0 saturated carbocycles. The van der Waals surface area contributed by atoms with Crippen LogP contribution in [0.3, 0.4) is 0 Å². The maximum absolute atomic E-state index is 10.0. The van der Waals surface area contributed by atoms with Crippen LogP contribution >= 0.6 is 27.5 Å². The minimum Gasteiger partial charge on any atom is -0.464 e. The van der Waals surface area contributed by atoms with Gasteiger partial charge in [-0.05, 0) is 28.1 Å². The van der Waals surface area contributed by atoms with Gasteiger partial charge in [0.25, 0.3) is 0 Å². The lowest BCUT2D eigenvalue weighted by Gasteiger charge is -2.40. The molecular weight excluding hydrogens is 394 g/mol. The maximum atomic E-state index is 10.0. The van der Waals surface area contributed by atoms with Crippen molar-refractivity contribution in [1.82, 2.24) is 0 Å². The Morgan fingerprint density at radius 2 is 1.96 bits per heavy atom. The standard InChI is InChI=1S/C14H15BrClNO6/c15-5-1-2-6-9(10(5)16)7(3-17-6)22-14-13(21)12(20)11(19)8(4-18)23-14/h1-3,8-9,11-14,18-21H,4H2/t8-,9?,11+,12+,13-,14-/m1/s1. The molecule has 1 fully saturated rings. The molecule has 0 spiro atoms. The van der Waals surface area contributed by atoms with Gasteiger partial charge in [-0.1, -0.05) is 11.6 Å². The van der Waals surface area contributed by atoms with E-state index in [-0.39, 0.29) is 0 Å². The first-order valence-electron chi connectivity index (χ1n) is 6.92. The molecule has 4 N–H and O–H groups in total. The molecule has 23 heavy (non-hydrogen) atoms. The Kier molecular flexibility index (Phi) is 4.93. The van der Waals surface area contributed by atoms with Crippen LogP contribution in [-0.2, 0) is 9.47 Å². The van der Waals surface area contributed by atoms with Gasteiger partial charge in [0, 0.05) is 9.51 Å². The van der Waals surface area contributed by atoms with Gasteiger partial charge in [-0.2, -0.15) is 0 Å². The van der Waals surface area contributed by atoms with E-state index in [1.807, 2.05) is 0 Å². The summed E-state index contributed by atoms with van der Waals surface area (Å²) in [5.41, 5.74) is 0.679. The molecule has 6 atom stereocenters. The fourth-order valence-corrected chi connectivity index (χ4v) is 3.24. The highest BCUT2D eigenvalue weighted by Gasteiger charge is 2.46. The monoisotopic (exact) mass is 407 g/mol. The van der Waals surface area contributed by atoms with E-state index in [9.17, 15) is 20.4 Å². The highest BCUT2D eigenvalue weighted by molar-refractivity contribution is 9.12. The van der Waals surface area contributed by atoms with Crippen LogP contribution in [0.4, 0.5) is 0 Å². The Morgan fingerprint density at radius 3 is 2.65 bits per heavy atom. The van der Waals surface area contributed by atoms with Gasteiger partial charge in [-0.25, -0.2) is 0 Å². The van der Waals surface area contributed by atoms with Crippen LogP contribution in [0.2, 0.25) is 0 Å². The van der Waals surface area contributed by atoms with Crippen molar-refractivity contribution in [2.24, 2.45) is 10.9 Å². The summed E-state index contributed by atoms with van der Waals surface area (Å²) in [6, 6.07) is 0. The van der Waals surface area contributed by atoms with Crippen molar-refractivity contribution in [1.29, 1.82) is 0 Å². The lowest BCUT2D eigenvalue weighted by Crippen LogP contribution is -2.59. The Hall–Kier alpha value is -0.740. The average molecular weight is 409 g/mol. The van der Waals surface area contributed by atoms with Crippen molar-refractivity contribution in [2.45, 2.75) is 30.7 Å². The number of hydrogen-bond donors (Lipinski definition) is 4. The molecule has 0 bridgehead atoms. The van der Waals surface area contributed by atoms with Crippen LogP contribution in [0, 0.1) is 5.92 Å². The molecule has 0 aromatic carbocycles. The van der Waals surface area contributed by atoms with Crippen LogP contribution in [0.5, 0.6) is 0 Å². The van der Waals surface area contributed by atoms with Gasteiger partial charge >= 0.3 is 0 Å². The largest absolute Gasteiger partial charge is 0.464 e. The Balaban J connectivity index is 1.76. The first-order chi connectivity index (χ1) is 10.9. The van der Waals surface area contributed by atoms with Crippen molar-refractivity contribution in [3.05, 3.63) is 33.6 Å². The van der Waals surface area contributed by atoms with Gasteiger partial charge in [0.15, 0.2) is 0 Å². The molecule has 126 valence electrons. The molecule has 0 radical (unpaired) electrons. The molecule has 1 unspecified atom stereocenters. The number of aliphatic hydroxyl groups excluding tert-OH is 4. The number of allylic oxidation sites excluding steroid dienone is 4. The molecule has 3 aliphatic rings. The summed E-state index contributed by atoms with van der Waals surface area (Å²) < 4.78 is 11.6. The summed E-state index contributed by atoms with van der Waals surface area (Å²) in [5, 5.41) is 39.3. The number of ether oxygens (including phenoxy) is 2. The number of fused-ring (bicyclic) bond motifs is 1. The summed E-state index contributed by atoms with van der Waals surface area (Å²) in [6.07, 6.45) is -1.72. The number of halogens is 2. The zero-order valence-corrected chi connectivity index (χ0v) is 14.1. The zero-order chi connectivity index (χ0) is 16.7. The maximum Gasteiger partial charge on any atom is 0.228 e. The lowest BCUT2D eigenvalue weighted by molar-refractivity contribution is -0.292. The van der Waals surface area contributed by atoms with E-state index < -0.39 is 43.2 Å². The van der Waals surface area contributed by atoms with Gasteiger partial charge in [0.1, 0.15) is 30.2 Å². The lowest BCUT2D eigenvalue weighted by atomic mass is 9.97. The predicted octanol–water partition coefficient (Wildman–Crippen LogP) is 0.130. The molecule has 1 aliphatic carbocycles. The van der Waals surface area contributed by atoms with Gasteiger partial charge in [0.2, 0.25) is 6.29 Å². The molecular formula is C14H15BrClNO6. The minimum absolute atomic E-state index is 0.343. The summed E-state index contributed by atoms with van der Waals surface area (Å²) in [5.74, 6) is -0.0842. The highest BCUT2D eigenvalue weighted by atomic mass is 79.9. The zero-order valence-electron chi connectivity index (χ0n) is 11.7. The van der Waals surface area contributed by atoms with Gasteiger partial charge in [0.05, 0.1) is 24.4 Å². The third-order valence-corrected chi connectivity index (χ3v) is 5.25. The van der Waals surface area contributed by atoms with Crippen LogP contribution in [0.1, 0.15) is 0 Å². The second kappa shape index (κ2) is 6.64. The Labute approximate surface area is 145 Å². The van der Waals surface area contributed by atoms with Crippen molar-refractivity contribution in [3.8, 4) is 0 Å². The highest BCUT2D eigenvalue weighted by Crippen LogP contribution is 2.39. The van der Waals surface area contributed by atoms with E-state index >= 15 is 0 Å². The molecule has 1 saturated heterocycles. The fraction of sp³-hybridized carbons (Fsp3) is 0.500.